The molecule has 0 spiro atoms. The van der Waals surface area contributed by atoms with Crippen LogP contribution < -0.4 is 5.32 Å². The van der Waals surface area contributed by atoms with E-state index in [-0.39, 0.29) is 5.91 Å². The first-order valence-electron chi connectivity index (χ1n) is 5.01. The summed E-state index contributed by atoms with van der Waals surface area (Å²) in [7, 11) is 0. The van der Waals surface area contributed by atoms with Crippen molar-refractivity contribution < 1.29 is 4.79 Å². The van der Waals surface area contributed by atoms with E-state index >= 15 is 0 Å². The topological polar surface area (TPSA) is 29.1 Å². The number of nitrogens with one attached hydrogen (secondary N) is 1. The summed E-state index contributed by atoms with van der Waals surface area (Å²) in [6.07, 6.45) is 4.62. The third-order valence-electron chi connectivity index (χ3n) is 2.63. The molecule has 2 nitrogen and oxygen atoms in total. The molecule has 0 aromatic rings. The summed E-state index contributed by atoms with van der Waals surface area (Å²) in [5.41, 5.74) is 0. The van der Waals surface area contributed by atoms with Gasteiger partial charge in [0.25, 0.3) is 0 Å². The van der Waals surface area contributed by atoms with Crippen LogP contribution in [0.5, 0.6) is 0 Å². The molecule has 12 heavy (non-hydrogen) atoms. The van der Waals surface area contributed by atoms with Gasteiger partial charge in [-0.1, -0.05) is 26.7 Å². The van der Waals surface area contributed by atoms with Crippen molar-refractivity contribution >= 4 is 5.91 Å². The van der Waals surface area contributed by atoms with Crippen LogP contribution >= 0.6 is 0 Å². The standard InChI is InChI=1S/C10H19NO/c1-3-4-8(2)7-9-5-6-11-10(9)12/h8-9H,3-7H2,1-2H3,(H,11,12). The largest absolute Gasteiger partial charge is 0.356 e. The van der Waals surface area contributed by atoms with Gasteiger partial charge in [-0.05, 0) is 18.8 Å². The van der Waals surface area contributed by atoms with Crippen LogP contribution in [0.1, 0.15) is 39.5 Å². The number of carbonyl (C=O) groups excluding carboxylic acids is 1. The zero-order valence-electron chi connectivity index (χ0n) is 8.10. The smallest absolute Gasteiger partial charge is 0.223 e. The predicted molar refractivity (Wildman–Crippen MR) is 49.8 cm³/mol. The van der Waals surface area contributed by atoms with Crippen molar-refractivity contribution in [1.82, 2.24) is 5.32 Å². The van der Waals surface area contributed by atoms with E-state index in [1.54, 1.807) is 0 Å². The van der Waals surface area contributed by atoms with Gasteiger partial charge in [0.2, 0.25) is 5.91 Å². The van der Waals surface area contributed by atoms with E-state index in [9.17, 15) is 4.79 Å². The van der Waals surface area contributed by atoms with Crippen LogP contribution in [0.15, 0.2) is 0 Å². The molecule has 0 aromatic heterocycles. The first kappa shape index (κ1) is 9.56. The minimum Gasteiger partial charge on any atom is -0.356 e. The van der Waals surface area contributed by atoms with Gasteiger partial charge < -0.3 is 5.32 Å². The Morgan fingerprint density at radius 3 is 2.92 bits per heavy atom. The molecule has 2 heteroatoms. The van der Waals surface area contributed by atoms with Crippen LogP contribution in [0, 0.1) is 11.8 Å². The van der Waals surface area contributed by atoms with E-state index < -0.39 is 0 Å². The molecular weight excluding hydrogens is 150 g/mol. The average molecular weight is 169 g/mol. The van der Waals surface area contributed by atoms with Gasteiger partial charge in [0.1, 0.15) is 0 Å². The molecule has 1 N–H and O–H groups in total. The van der Waals surface area contributed by atoms with Crippen molar-refractivity contribution in [3.8, 4) is 0 Å². The lowest BCUT2D eigenvalue weighted by atomic mass is 9.92. The van der Waals surface area contributed by atoms with Crippen molar-refractivity contribution in [2.45, 2.75) is 39.5 Å². The maximum absolute atomic E-state index is 11.2. The molecule has 0 radical (unpaired) electrons. The van der Waals surface area contributed by atoms with E-state index in [1.807, 2.05) is 0 Å². The quantitative estimate of drug-likeness (QED) is 0.684. The third kappa shape index (κ3) is 2.50. The van der Waals surface area contributed by atoms with Gasteiger partial charge in [-0.15, -0.1) is 0 Å². The molecule has 70 valence electrons. The number of hydrogen-bond donors (Lipinski definition) is 1. The molecule has 2 unspecified atom stereocenters. The van der Waals surface area contributed by atoms with Crippen LogP contribution in [0.4, 0.5) is 0 Å². The monoisotopic (exact) mass is 169 g/mol. The fourth-order valence-corrected chi connectivity index (χ4v) is 1.97. The summed E-state index contributed by atoms with van der Waals surface area (Å²) in [5.74, 6) is 1.30. The van der Waals surface area contributed by atoms with Gasteiger partial charge in [0.15, 0.2) is 0 Å². The molecule has 0 saturated carbocycles. The average Bonchev–Trinajstić information content (AvgIpc) is 2.37. The molecule has 0 bridgehead atoms. The second kappa shape index (κ2) is 4.48. The zero-order valence-corrected chi connectivity index (χ0v) is 8.10. The molecule has 1 aliphatic rings. The zero-order chi connectivity index (χ0) is 8.97. The van der Waals surface area contributed by atoms with E-state index in [0.29, 0.717) is 11.8 Å². The van der Waals surface area contributed by atoms with Crippen LogP contribution in [0.2, 0.25) is 0 Å². The maximum atomic E-state index is 11.2. The Morgan fingerprint density at radius 2 is 2.42 bits per heavy atom. The first-order chi connectivity index (χ1) is 5.74. The van der Waals surface area contributed by atoms with Crippen LogP contribution in [0.25, 0.3) is 0 Å². The van der Waals surface area contributed by atoms with Crippen LogP contribution in [0.3, 0.4) is 0 Å². The van der Waals surface area contributed by atoms with Gasteiger partial charge >= 0.3 is 0 Å². The van der Waals surface area contributed by atoms with Crippen molar-refractivity contribution in [2.75, 3.05) is 6.54 Å². The molecule has 1 amide bonds. The van der Waals surface area contributed by atoms with Crippen molar-refractivity contribution in [3.05, 3.63) is 0 Å². The predicted octanol–water partition coefficient (Wildman–Crippen LogP) is 1.95. The van der Waals surface area contributed by atoms with E-state index in [1.165, 1.54) is 12.8 Å². The van der Waals surface area contributed by atoms with Gasteiger partial charge in [0.05, 0.1) is 0 Å². The minimum absolute atomic E-state index is 0.276. The fraction of sp³-hybridized carbons (Fsp3) is 0.900. The van der Waals surface area contributed by atoms with Gasteiger partial charge in [0, 0.05) is 12.5 Å². The Hall–Kier alpha value is -0.530. The van der Waals surface area contributed by atoms with E-state index in [2.05, 4.69) is 19.2 Å². The summed E-state index contributed by atoms with van der Waals surface area (Å²) < 4.78 is 0. The summed E-state index contributed by atoms with van der Waals surface area (Å²) in [6, 6.07) is 0. The molecule has 1 aliphatic heterocycles. The Bertz CT molecular complexity index is 156. The van der Waals surface area contributed by atoms with Gasteiger partial charge in [-0.25, -0.2) is 0 Å². The number of amides is 1. The van der Waals surface area contributed by atoms with Crippen LogP contribution in [-0.4, -0.2) is 12.5 Å². The summed E-state index contributed by atoms with van der Waals surface area (Å²) in [5, 5.41) is 2.88. The lowest BCUT2D eigenvalue weighted by Gasteiger charge is -2.12. The third-order valence-corrected chi connectivity index (χ3v) is 2.63. The van der Waals surface area contributed by atoms with Crippen molar-refractivity contribution in [2.24, 2.45) is 11.8 Å². The Balaban J connectivity index is 2.25. The lowest BCUT2D eigenvalue weighted by molar-refractivity contribution is -0.122. The normalized spacial score (nSPS) is 25.5. The van der Waals surface area contributed by atoms with Gasteiger partial charge in [-0.3, -0.25) is 4.79 Å². The molecule has 0 aromatic carbocycles. The number of hydrogen-bond acceptors (Lipinski definition) is 1. The Kier molecular flexibility index (Phi) is 3.57. The second-order valence-corrected chi connectivity index (χ2v) is 3.91. The Labute approximate surface area is 74.7 Å². The minimum atomic E-state index is 0.276. The summed E-state index contributed by atoms with van der Waals surface area (Å²) in [4.78, 5) is 11.2. The molecule has 1 fully saturated rings. The maximum Gasteiger partial charge on any atom is 0.223 e. The highest BCUT2D eigenvalue weighted by Crippen LogP contribution is 2.21. The first-order valence-corrected chi connectivity index (χ1v) is 5.01. The molecular formula is C10H19NO. The van der Waals surface area contributed by atoms with Crippen LogP contribution in [-0.2, 0) is 4.79 Å². The number of carbonyl (C=O) groups is 1. The van der Waals surface area contributed by atoms with E-state index in [4.69, 9.17) is 0 Å². The van der Waals surface area contributed by atoms with E-state index in [0.717, 1.165) is 19.4 Å². The molecule has 1 rings (SSSR count). The fourth-order valence-electron chi connectivity index (χ4n) is 1.97. The van der Waals surface area contributed by atoms with Crippen molar-refractivity contribution in [3.63, 3.8) is 0 Å². The second-order valence-electron chi connectivity index (χ2n) is 3.91. The molecule has 0 aliphatic carbocycles. The summed E-state index contributed by atoms with van der Waals surface area (Å²) >= 11 is 0. The lowest BCUT2D eigenvalue weighted by Crippen LogP contribution is -2.20. The summed E-state index contributed by atoms with van der Waals surface area (Å²) in [6.45, 7) is 5.34. The highest BCUT2D eigenvalue weighted by molar-refractivity contribution is 5.80. The number of rotatable bonds is 4. The van der Waals surface area contributed by atoms with Gasteiger partial charge in [-0.2, -0.15) is 0 Å². The molecule has 1 saturated heterocycles. The van der Waals surface area contributed by atoms with Crippen molar-refractivity contribution in [1.29, 1.82) is 0 Å². The SMILES string of the molecule is CCCC(C)CC1CCNC1=O. The molecule has 2 atom stereocenters. The Morgan fingerprint density at radius 1 is 1.67 bits per heavy atom. The molecule has 1 heterocycles. The highest BCUT2D eigenvalue weighted by Gasteiger charge is 2.25. The highest BCUT2D eigenvalue weighted by atomic mass is 16.2.